The minimum Gasteiger partial charge on any atom is -0.456 e. The molecule has 0 N–H and O–H groups in total. The Bertz CT molecular complexity index is 1950. The molecule has 0 amide bonds. The van der Waals surface area contributed by atoms with E-state index in [1.807, 2.05) is 66.7 Å². The van der Waals surface area contributed by atoms with Crippen molar-refractivity contribution in [3.8, 4) is 5.75 Å². The van der Waals surface area contributed by atoms with Gasteiger partial charge in [0.15, 0.2) is 4.96 Å². The van der Waals surface area contributed by atoms with Crippen molar-refractivity contribution in [2.45, 2.75) is 12.8 Å². The van der Waals surface area contributed by atoms with Gasteiger partial charge in [-0.1, -0.05) is 96.3 Å². The zero-order valence-electron chi connectivity index (χ0n) is 20.1. The smallest absolute Gasteiger partial charge is 0.274 e. The average Bonchev–Trinajstić information content (AvgIpc) is 3.45. The fraction of sp³-hybridized carbons (Fsp3) is 0.0625. The van der Waals surface area contributed by atoms with Gasteiger partial charge in [-0.3, -0.25) is 4.79 Å². The number of imidazole rings is 1. The Labute approximate surface area is 217 Å². The summed E-state index contributed by atoms with van der Waals surface area (Å²) in [5.74, 6) is 1.51. The number of allylic oxidation sites excluding steroid dienone is 1. The van der Waals surface area contributed by atoms with Gasteiger partial charge in [-0.15, -0.1) is 0 Å². The molecule has 0 aliphatic carbocycles. The number of thiazole rings is 1. The third-order valence-electron chi connectivity index (χ3n) is 6.98. The molecule has 0 saturated heterocycles. The molecule has 1 aliphatic rings. The van der Waals surface area contributed by atoms with Gasteiger partial charge >= 0.3 is 0 Å². The normalized spacial score (nSPS) is 15.8. The first-order chi connectivity index (χ1) is 18.2. The number of rotatable bonds is 3. The largest absolute Gasteiger partial charge is 0.456 e. The molecule has 178 valence electrons. The van der Waals surface area contributed by atoms with E-state index in [9.17, 15) is 4.79 Å². The van der Waals surface area contributed by atoms with Gasteiger partial charge in [0.05, 0.1) is 15.6 Å². The second-order valence-corrected chi connectivity index (χ2v) is 10.2. The van der Waals surface area contributed by atoms with E-state index in [4.69, 9.17) is 9.72 Å². The van der Waals surface area contributed by atoms with Crippen LogP contribution in [0.15, 0.2) is 113 Å². The first kappa shape index (κ1) is 21.8. The Balaban J connectivity index is 1.56. The number of para-hydroxylation sites is 3. The minimum absolute atomic E-state index is 0.0593. The van der Waals surface area contributed by atoms with Gasteiger partial charge in [-0.05, 0) is 42.3 Å². The molecule has 3 heterocycles. The molecule has 37 heavy (non-hydrogen) atoms. The number of ether oxygens (including phenoxy) is 1. The third-order valence-corrected chi connectivity index (χ3v) is 7.95. The van der Waals surface area contributed by atoms with E-state index in [-0.39, 0.29) is 11.5 Å². The molecule has 4 nitrogen and oxygen atoms in total. The van der Waals surface area contributed by atoms with Crippen molar-refractivity contribution in [2.75, 3.05) is 0 Å². The SMILES string of the molecule is Cc1ccccc1[C@@H]1C(C=c2sc3nc4ccccc4n3c2=O)=C(c2ccccc2)Oc2ccccc21. The van der Waals surface area contributed by atoms with Crippen LogP contribution in [0, 0.1) is 6.92 Å². The van der Waals surface area contributed by atoms with Gasteiger partial charge in [0, 0.05) is 22.6 Å². The maximum absolute atomic E-state index is 13.7. The second-order valence-electron chi connectivity index (χ2n) is 9.21. The van der Waals surface area contributed by atoms with Crippen molar-refractivity contribution in [1.29, 1.82) is 0 Å². The number of benzene rings is 4. The van der Waals surface area contributed by atoms with E-state index < -0.39 is 0 Å². The van der Waals surface area contributed by atoms with Crippen LogP contribution in [0.1, 0.15) is 28.2 Å². The van der Waals surface area contributed by atoms with Crippen molar-refractivity contribution >= 4 is 39.2 Å². The summed E-state index contributed by atoms with van der Waals surface area (Å²) >= 11 is 1.42. The van der Waals surface area contributed by atoms with E-state index >= 15 is 0 Å². The average molecular weight is 499 g/mol. The summed E-state index contributed by atoms with van der Waals surface area (Å²) in [6.45, 7) is 2.14. The van der Waals surface area contributed by atoms with E-state index in [0.717, 1.165) is 39.2 Å². The number of aryl methyl sites for hydroxylation is 1. The van der Waals surface area contributed by atoms with E-state index in [2.05, 4.69) is 49.4 Å². The molecule has 1 aliphatic heterocycles. The topological polar surface area (TPSA) is 43.6 Å². The quantitative estimate of drug-likeness (QED) is 0.285. The van der Waals surface area contributed by atoms with Crippen LogP contribution in [0.5, 0.6) is 5.75 Å². The second kappa shape index (κ2) is 8.57. The van der Waals surface area contributed by atoms with Crippen LogP contribution >= 0.6 is 11.3 Å². The summed E-state index contributed by atoms with van der Waals surface area (Å²) in [7, 11) is 0. The van der Waals surface area contributed by atoms with Crippen molar-refractivity contribution < 1.29 is 4.74 Å². The summed E-state index contributed by atoms with van der Waals surface area (Å²) in [4.78, 5) is 19.1. The summed E-state index contributed by atoms with van der Waals surface area (Å²) in [6, 6.07) is 34.5. The van der Waals surface area contributed by atoms with Crippen LogP contribution < -0.4 is 14.8 Å². The highest BCUT2D eigenvalue weighted by Gasteiger charge is 2.31. The molecular weight excluding hydrogens is 476 g/mol. The Hall–Kier alpha value is -4.48. The van der Waals surface area contributed by atoms with Crippen LogP contribution in [0.4, 0.5) is 0 Å². The standard InChI is InChI=1S/C32H22N2O2S/c1-20-11-5-6-14-22(20)29-23-15-7-10-18-27(23)36-30(21-12-3-2-4-13-21)24(29)19-28-31(35)34-26-17-9-8-16-25(26)33-32(34)37-28/h2-19,29H,1H3/t29-/m0/s1. The van der Waals surface area contributed by atoms with Crippen LogP contribution in [0.3, 0.4) is 0 Å². The van der Waals surface area contributed by atoms with Gasteiger partial charge < -0.3 is 4.74 Å². The van der Waals surface area contributed by atoms with Crippen molar-refractivity contribution in [2.24, 2.45) is 0 Å². The van der Waals surface area contributed by atoms with Gasteiger partial charge in [0.25, 0.3) is 5.56 Å². The summed E-state index contributed by atoms with van der Waals surface area (Å²) in [5, 5.41) is 0. The number of aromatic nitrogens is 2. The molecule has 5 heteroatoms. The highest BCUT2D eigenvalue weighted by atomic mass is 32.1. The summed E-state index contributed by atoms with van der Waals surface area (Å²) < 4.78 is 8.94. The predicted molar refractivity (Wildman–Crippen MR) is 150 cm³/mol. The third kappa shape index (κ3) is 3.51. The van der Waals surface area contributed by atoms with E-state index in [0.29, 0.717) is 9.49 Å². The fourth-order valence-corrected chi connectivity index (χ4v) is 6.22. The molecule has 0 spiro atoms. The Morgan fingerprint density at radius 3 is 2.38 bits per heavy atom. The number of fused-ring (bicyclic) bond motifs is 4. The Morgan fingerprint density at radius 1 is 0.838 bits per heavy atom. The lowest BCUT2D eigenvalue weighted by molar-refractivity contribution is 0.488. The zero-order chi connectivity index (χ0) is 24.9. The maximum Gasteiger partial charge on any atom is 0.274 e. The van der Waals surface area contributed by atoms with Gasteiger partial charge in [0.2, 0.25) is 0 Å². The highest BCUT2D eigenvalue weighted by Crippen LogP contribution is 2.47. The molecule has 0 unspecified atom stereocenters. The first-order valence-electron chi connectivity index (χ1n) is 12.2. The molecule has 6 aromatic rings. The molecule has 0 saturated carbocycles. The molecule has 0 bridgehead atoms. The first-order valence-corrected chi connectivity index (χ1v) is 13.0. The fourth-order valence-electron chi connectivity index (χ4n) is 5.24. The Kier molecular flexibility index (Phi) is 5.05. The monoisotopic (exact) mass is 498 g/mol. The van der Waals surface area contributed by atoms with Crippen LogP contribution in [-0.2, 0) is 0 Å². The molecule has 1 atom stereocenters. The predicted octanol–water partition coefficient (Wildman–Crippen LogP) is 6.35. The number of nitrogens with zero attached hydrogens (tertiary/aromatic N) is 2. The number of hydrogen-bond donors (Lipinski definition) is 0. The number of hydrogen-bond acceptors (Lipinski definition) is 4. The lowest BCUT2D eigenvalue weighted by Gasteiger charge is -2.31. The van der Waals surface area contributed by atoms with Crippen molar-refractivity contribution in [1.82, 2.24) is 9.38 Å². The highest BCUT2D eigenvalue weighted by molar-refractivity contribution is 7.15. The van der Waals surface area contributed by atoms with Crippen LogP contribution in [0.2, 0.25) is 0 Å². The molecular formula is C32H22N2O2S. The lowest BCUT2D eigenvalue weighted by atomic mass is 9.79. The van der Waals surface area contributed by atoms with Crippen LogP contribution in [-0.4, -0.2) is 9.38 Å². The van der Waals surface area contributed by atoms with Gasteiger partial charge in [-0.2, -0.15) is 0 Å². The van der Waals surface area contributed by atoms with Crippen molar-refractivity contribution in [3.63, 3.8) is 0 Å². The van der Waals surface area contributed by atoms with Crippen LogP contribution in [0.25, 0.3) is 27.8 Å². The molecule has 7 rings (SSSR count). The van der Waals surface area contributed by atoms with E-state index in [1.165, 1.54) is 22.5 Å². The molecule has 0 fully saturated rings. The van der Waals surface area contributed by atoms with Gasteiger partial charge in [-0.25, -0.2) is 9.38 Å². The summed E-state index contributed by atoms with van der Waals surface area (Å²) in [5.41, 5.74) is 7.00. The van der Waals surface area contributed by atoms with Gasteiger partial charge in [0.1, 0.15) is 11.5 Å². The minimum atomic E-state index is -0.0908. The lowest BCUT2D eigenvalue weighted by Crippen LogP contribution is -2.25. The zero-order valence-corrected chi connectivity index (χ0v) is 20.9. The summed E-state index contributed by atoms with van der Waals surface area (Å²) in [6.07, 6.45) is 2.02. The molecule has 2 aromatic heterocycles. The molecule has 4 aromatic carbocycles. The molecule has 0 radical (unpaired) electrons. The van der Waals surface area contributed by atoms with Crippen molar-refractivity contribution in [3.05, 3.63) is 146 Å². The maximum atomic E-state index is 13.7. The van der Waals surface area contributed by atoms with E-state index in [1.54, 1.807) is 4.40 Å². The Morgan fingerprint density at radius 2 is 1.54 bits per heavy atom.